The third kappa shape index (κ3) is 3.66. The van der Waals surface area contributed by atoms with E-state index in [4.69, 9.17) is 14.2 Å². The molecule has 11 nitrogen and oxygen atoms in total. The van der Waals surface area contributed by atoms with Crippen molar-refractivity contribution in [1.29, 1.82) is 0 Å². The summed E-state index contributed by atoms with van der Waals surface area (Å²) >= 11 is 0. The molecule has 1 heterocycles. The Hall–Kier alpha value is -3.37. The Morgan fingerprint density at radius 3 is 2.38 bits per heavy atom. The zero-order chi connectivity index (χ0) is 19.4. The number of hydrogen-bond acceptors (Lipinski definition) is 8. The van der Waals surface area contributed by atoms with Crippen LogP contribution in [0.3, 0.4) is 0 Å². The van der Waals surface area contributed by atoms with Gasteiger partial charge in [-0.2, -0.15) is 0 Å². The van der Waals surface area contributed by atoms with Crippen molar-refractivity contribution in [1.82, 2.24) is 10.2 Å². The largest absolute Gasteiger partial charge is 0.493 e. The van der Waals surface area contributed by atoms with Gasteiger partial charge in [0, 0.05) is 19.2 Å². The van der Waals surface area contributed by atoms with E-state index in [9.17, 15) is 24.5 Å². The van der Waals surface area contributed by atoms with Crippen molar-refractivity contribution in [3.63, 3.8) is 0 Å². The topological polar surface area (TPSA) is 137 Å². The molecule has 0 saturated carbocycles. The van der Waals surface area contributed by atoms with Crippen molar-refractivity contribution in [3.05, 3.63) is 27.8 Å². The lowest BCUT2D eigenvalue weighted by atomic mass is 10.1. The van der Waals surface area contributed by atoms with Crippen molar-refractivity contribution in [2.24, 2.45) is 0 Å². The molecule has 2 rings (SSSR count). The summed E-state index contributed by atoms with van der Waals surface area (Å²) in [4.78, 5) is 47.4. The number of ether oxygens (including phenoxy) is 3. The number of benzene rings is 1. The number of nitrogens with zero attached hydrogens (tertiary/aromatic N) is 2. The van der Waals surface area contributed by atoms with E-state index in [1.54, 1.807) is 0 Å². The second kappa shape index (κ2) is 7.68. The van der Waals surface area contributed by atoms with E-state index >= 15 is 0 Å². The lowest BCUT2D eigenvalue weighted by molar-refractivity contribution is -0.385. The molecule has 0 aliphatic carbocycles. The minimum absolute atomic E-state index is 0.0635. The molecule has 3 amide bonds. The highest BCUT2D eigenvalue weighted by Gasteiger charge is 2.33. The Morgan fingerprint density at radius 2 is 1.88 bits per heavy atom. The lowest BCUT2D eigenvalue weighted by Gasteiger charge is -2.18. The summed E-state index contributed by atoms with van der Waals surface area (Å²) in [5.41, 5.74) is -0.968. The molecule has 0 spiro atoms. The number of imide groups is 1. The molecule has 1 aromatic carbocycles. The van der Waals surface area contributed by atoms with Gasteiger partial charge < -0.3 is 19.5 Å². The molecule has 1 unspecified atom stereocenters. The van der Waals surface area contributed by atoms with Gasteiger partial charge in [-0.15, -0.1) is 0 Å². The van der Waals surface area contributed by atoms with Gasteiger partial charge in [-0.1, -0.05) is 0 Å². The molecule has 1 aliphatic rings. The highest BCUT2D eigenvalue weighted by atomic mass is 16.6. The van der Waals surface area contributed by atoms with Gasteiger partial charge in [-0.05, 0) is 6.92 Å². The van der Waals surface area contributed by atoms with E-state index in [0.717, 1.165) is 17.0 Å². The summed E-state index contributed by atoms with van der Waals surface area (Å²) in [5, 5.41) is 13.7. The van der Waals surface area contributed by atoms with Crippen LogP contribution in [0.15, 0.2) is 12.1 Å². The first-order chi connectivity index (χ1) is 12.3. The molecule has 0 bridgehead atoms. The number of carbonyl (C=O) groups is 3. The molecule has 1 aliphatic heterocycles. The molecule has 140 valence electrons. The fraction of sp³-hybridized carbons (Fsp3) is 0.400. The number of amides is 3. The summed E-state index contributed by atoms with van der Waals surface area (Å²) in [7, 11) is 2.60. The third-order valence-corrected chi connectivity index (χ3v) is 3.67. The summed E-state index contributed by atoms with van der Waals surface area (Å²) < 4.78 is 15.0. The zero-order valence-electron chi connectivity index (χ0n) is 14.3. The first-order valence-electron chi connectivity index (χ1n) is 7.50. The van der Waals surface area contributed by atoms with Gasteiger partial charge in [-0.3, -0.25) is 19.8 Å². The Bertz CT molecular complexity index is 764. The standard InChI is InChI=1S/C15H17N3O8/c1-8(13(19)17-5-4-16-15(17)21)26-14(20)9-6-11(24-2)12(25-3)7-10(9)18(22)23/h6-8H,4-5H2,1-3H3,(H,16,21). The minimum atomic E-state index is -1.31. The van der Waals surface area contributed by atoms with Crippen LogP contribution in [0.25, 0.3) is 0 Å². The molecule has 1 atom stereocenters. The van der Waals surface area contributed by atoms with Crippen LogP contribution in [0.5, 0.6) is 11.5 Å². The van der Waals surface area contributed by atoms with Crippen molar-refractivity contribution >= 4 is 23.6 Å². The Balaban J connectivity index is 2.26. The fourth-order valence-corrected chi connectivity index (χ4v) is 2.36. The number of nitrogens with one attached hydrogen (secondary N) is 1. The van der Waals surface area contributed by atoms with Crippen LogP contribution in [-0.2, 0) is 9.53 Å². The fourth-order valence-electron chi connectivity index (χ4n) is 2.36. The van der Waals surface area contributed by atoms with Gasteiger partial charge in [0.15, 0.2) is 17.6 Å². The molecular weight excluding hydrogens is 350 g/mol. The second-order valence-corrected chi connectivity index (χ2v) is 5.25. The average molecular weight is 367 g/mol. The molecule has 1 saturated heterocycles. The number of urea groups is 1. The maximum atomic E-state index is 12.4. The molecule has 11 heteroatoms. The van der Waals surface area contributed by atoms with E-state index in [0.29, 0.717) is 6.54 Å². The highest BCUT2D eigenvalue weighted by Crippen LogP contribution is 2.35. The predicted octanol–water partition coefficient (Wildman–Crippen LogP) is 0.709. The molecule has 26 heavy (non-hydrogen) atoms. The molecule has 1 fully saturated rings. The third-order valence-electron chi connectivity index (χ3n) is 3.67. The number of methoxy groups -OCH3 is 2. The van der Waals surface area contributed by atoms with Crippen LogP contribution in [0.1, 0.15) is 17.3 Å². The number of carbonyl (C=O) groups excluding carboxylic acids is 3. The molecule has 0 radical (unpaired) electrons. The van der Waals surface area contributed by atoms with Crippen LogP contribution in [0.2, 0.25) is 0 Å². The van der Waals surface area contributed by atoms with Crippen LogP contribution >= 0.6 is 0 Å². The van der Waals surface area contributed by atoms with Gasteiger partial charge in [0.1, 0.15) is 5.56 Å². The van der Waals surface area contributed by atoms with Crippen LogP contribution in [0.4, 0.5) is 10.5 Å². The van der Waals surface area contributed by atoms with Crippen LogP contribution < -0.4 is 14.8 Å². The van der Waals surface area contributed by atoms with E-state index in [2.05, 4.69) is 5.32 Å². The predicted molar refractivity (Wildman–Crippen MR) is 86.2 cm³/mol. The van der Waals surface area contributed by atoms with Gasteiger partial charge in [-0.25, -0.2) is 9.59 Å². The molecular formula is C15H17N3O8. The Labute approximate surface area is 147 Å². The van der Waals surface area contributed by atoms with E-state index < -0.39 is 40.2 Å². The van der Waals surface area contributed by atoms with Crippen LogP contribution in [0, 0.1) is 10.1 Å². The first-order valence-corrected chi connectivity index (χ1v) is 7.50. The van der Waals surface area contributed by atoms with Crippen molar-refractivity contribution in [2.75, 3.05) is 27.3 Å². The molecule has 1 N–H and O–H groups in total. The average Bonchev–Trinajstić information content (AvgIpc) is 3.05. The molecule has 1 aromatic rings. The van der Waals surface area contributed by atoms with E-state index in [1.807, 2.05) is 0 Å². The van der Waals surface area contributed by atoms with Gasteiger partial charge in [0.05, 0.1) is 25.2 Å². The number of hydrogen-bond donors (Lipinski definition) is 1. The minimum Gasteiger partial charge on any atom is -0.493 e. The summed E-state index contributed by atoms with van der Waals surface area (Å²) in [6, 6.07) is 1.53. The van der Waals surface area contributed by atoms with E-state index in [-0.39, 0.29) is 18.0 Å². The monoisotopic (exact) mass is 367 g/mol. The number of nitro benzene ring substituents is 1. The van der Waals surface area contributed by atoms with Crippen molar-refractivity contribution in [2.45, 2.75) is 13.0 Å². The zero-order valence-corrected chi connectivity index (χ0v) is 14.3. The number of nitro groups is 1. The van der Waals surface area contributed by atoms with Gasteiger partial charge >= 0.3 is 12.0 Å². The number of esters is 1. The summed E-state index contributed by atoms with van der Waals surface area (Å²) in [5.74, 6) is -1.67. The SMILES string of the molecule is COc1cc(C(=O)OC(C)C(=O)N2CCNC2=O)c([N+](=O)[O-])cc1OC. The first kappa shape index (κ1) is 19.0. The van der Waals surface area contributed by atoms with Crippen LogP contribution in [-0.4, -0.2) is 61.1 Å². The maximum Gasteiger partial charge on any atom is 0.346 e. The Kier molecular flexibility index (Phi) is 5.60. The Morgan fingerprint density at radius 1 is 1.27 bits per heavy atom. The van der Waals surface area contributed by atoms with Gasteiger partial charge in [0.2, 0.25) is 0 Å². The molecule has 0 aromatic heterocycles. The smallest absolute Gasteiger partial charge is 0.346 e. The summed E-state index contributed by atoms with van der Waals surface area (Å²) in [6.45, 7) is 1.72. The summed E-state index contributed by atoms with van der Waals surface area (Å²) in [6.07, 6.45) is -1.31. The van der Waals surface area contributed by atoms with E-state index in [1.165, 1.54) is 21.1 Å². The van der Waals surface area contributed by atoms with Crippen molar-refractivity contribution in [3.8, 4) is 11.5 Å². The normalized spacial score (nSPS) is 14.4. The van der Waals surface area contributed by atoms with Gasteiger partial charge in [0.25, 0.3) is 11.6 Å². The second-order valence-electron chi connectivity index (χ2n) is 5.25. The van der Waals surface area contributed by atoms with Crippen molar-refractivity contribution < 1.29 is 33.5 Å². The lowest BCUT2D eigenvalue weighted by Crippen LogP contribution is -2.41. The number of rotatable bonds is 6. The quantitative estimate of drug-likeness (QED) is 0.441. The maximum absolute atomic E-state index is 12.4. The highest BCUT2D eigenvalue weighted by molar-refractivity contribution is 6.00.